The van der Waals surface area contributed by atoms with Crippen LogP contribution in [-0.2, 0) is 11.4 Å². The molecule has 2 aliphatic heterocycles. The van der Waals surface area contributed by atoms with Crippen LogP contribution in [-0.4, -0.2) is 40.4 Å². The Morgan fingerprint density at radius 2 is 1.69 bits per heavy atom. The number of aromatic carboxylic acids is 1. The van der Waals surface area contributed by atoms with Gasteiger partial charge in [-0.15, -0.1) is 0 Å². The molecule has 36 heavy (non-hydrogen) atoms. The number of aryl methyl sites for hydroxylation is 2. The molecule has 7 heteroatoms. The number of rotatable bonds is 5. The molecule has 3 aromatic carbocycles. The fraction of sp³-hybridized carbons (Fsp3) is 0.310. The molecule has 1 spiro atoms. The smallest absolute Gasteiger partial charge is 0.335 e. The zero-order valence-corrected chi connectivity index (χ0v) is 20.4. The highest BCUT2D eigenvalue weighted by molar-refractivity contribution is 6.02. The summed E-state index contributed by atoms with van der Waals surface area (Å²) in [7, 11) is 0. The van der Waals surface area contributed by atoms with Gasteiger partial charge >= 0.3 is 5.97 Å². The van der Waals surface area contributed by atoms with E-state index in [0.29, 0.717) is 12.0 Å². The molecule has 2 aliphatic rings. The second-order valence-electron chi connectivity index (χ2n) is 9.88. The van der Waals surface area contributed by atoms with Gasteiger partial charge in [-0.2, -0.15) is 0 Å². The average Bonchev–Trinajstić information content (AvgIpc) is 3.25. The van der Waals surface area contributed by atoms with E-state index >= 15 is 0 Å². The highest BCUT2D eigenvalue weighted by Gasteiger charge is 2.42. The van der Waals surface area contributed by atoms with Crippen LogP contribution in [0.1, 0.15) is 51.9 Å². The summed E-state index contributed by atoms with van der Waals surface area (Å²) < 4.78 is 27.8. The number of nitrogens with zero attached hydrogens (tertiary/aromatic N) is 2. The van der Waals surface area contributed by atoms with E-state index in [1.54, 1.807) is 24.3 Å². The third-order valence-electron chi connectivity index (χ3n) is 7.27. The van der Waals surface area contributed by atoms with Gasteiger partial charge in [-0.25, -0.2) is 13.6 Å². The molecule has 0 bridgehead atoms. The number of benzene rings is 3. The maximum atomic E-state index is 14.4. The van der Waals surface area contributed by atoms with Crippen LogP contribution in [0.3, 0.4) is 0 Å². The lowest BCUT2D eigenvalue weighted by Crippen LogP contribution is -2.44. The Morgan fingerprint density at radius 3 is 2.31 bits per heavy atom. The summed E-state index contributed by atoms with van der Waals surface area (Å²) in [5, 5.41) is 13.4. The molecular formula is C29H28F2N2O3. The molecule has 1 fully saturated rings. The fourth-order valence-corrected chi connectivity index (χ4v) is 5.39. The molecule has 5 nitrogen and oxygen atoms in total. The van der Waals surface area contributed by atoms with Gasteiger partial charge < -0.3 is 9.94 Å². The van der Waals surface area contributed by atoms with Crippen LogP contribution >= 0.6 is 0 Å². The van der Waals surface area contributed by atoms with Gasteiger partial charge in [-0.05, 0) is 65.9 Å². The van der Waals surface area contributed by atoms with Crippen LogP contribution in [0.2, 0.25) is 0 Å². The molecule has 1 saturated heterocycles. The van der Waals surface area contributed by atoms with E-state index in [1.807, 2.05) is 13.8 Å². The Hall–Kier alpha value is -3.58. The van der Waals surface area contributed by atoms with Gasteiger partial charge in [-0.3, -0.25) is 4.90 Å². The first kappa shape index (κ1) is 24.1. The molecular weight excluding hydrogens is 462 g/mol. The summed E-state index contributed by atoms with van der Waals surface area (Å²) in [5.74, 6) is -2.07. The summed E-state index contributed by atoms with van der Waals surface area (Å²) in [6.45, 7) is 6.46. The van der Waals surface area contributed by atoms with E-state index < -0.39 is 17.6 Å². The van der Waals surface area contributed by atoms with Crippen molar-refractivity contribution in [2.75, 3.05) is 13.1 Å². The summed E-state index contributed by atoms with van der Waals surface area (Å²) in [6.07, 6.45) is 2.41. The number of likely N-dealkylation sites (tertiary alicyclic amines) is 1. The van der Waals surface area contributed by atoms with E-state index in [1.165, 1.54) is 12.1 Å². The molecule has 0 atom stereocenters. The molecule has 0 aromatic heterocycles. The number of halogens is 2. The number of hydrogen-bond acceptors (Lipinski definition) is 4. The van der Waals surface area contributed by atoms with E-state index in [4.69, 9.17) is 9.94 Å². The number of carbonyl (C=O) groups is 1. The summed E-state index contributed by atoms with van der Waals surface area (Å²) in [6, 6.07) is 14.6. The first-order chi connectivity index (χ1) is 17.2. The minimum atomic E-state index is -0.947. The SMILES string of the molecule is Cc1cc(CN2CCC3(CC2)CC(c2ccc(C(=O)O)cc2)=NO3)cc(C)c1-c1ccc(F)cc1F. The van der Waals surface area contributed by atoms with E-state index in [2.05, 4.69) is 22.2 Å². The standard InChI is InChI=1S/C29H28F2N2O3/c1-18-13-20(14-19(2)27(18)24-8-7-23(30)15-25(24)31)17-33-11-9-29(10-12-33)16-26(32-36-29)21-3-5-22(6-4-21)28(34)35/h3-8,13-15H,9-12,16-17H2,1-2H3,(H,34,35). The van der Waals surface area contributed by atoms with Crippen LogP contribution in [0.4, 0.5) is 8.78 Å². The van der Waals surface area contributed by atoms with Gasteiger partial charge in [0.2, 0.25) is 0 Å². The molecule has 5 rings (SSSR count). The van der Waals surface area contributed by atoms with Crippen molar-refractivity contribution in [1.82, 2.24) is 4.90 Å². The van der Waals surface area contributed by atoms with Crippen molar-refractivity contribution in [2.45, 2.75) is 45.3 Å². The predicted molar refractivity (Wildman–Crippen MR) is 134 cm³/mol. The molecule has 0 aliphatic carbocycles. The first-order valence-electron chi connectivity index (χ1n) is 12.1. The minimum absolute atomic E-state index is 0.252. The highest BCUT2D eigenvalue weighted by Crippen LogP contribution is 2.37. The zero-order chi connectivity index (χ0) is 25.4. The lowest BCUT2D eigenvalue weighted by Gasteiger charge is -2.37. The number of carboxylic acids is 1. The fourth-order valence-electron chi connectivity index (χ4n) is 5.39. The van der Waals surface area contributed by atoms with Crippen LogP contribution in [0.5, 0.6) is 0 Å². The van der Waals surface area contributed by atoms with Gasteiger partial charge in [0.05, 0.1) is 11.3 Å². The maximum Gasteiger partial charge on any atom is 0.335 e. The second-order valence-corrected chi connectivity index (χ2v) is 9.88. The maximum absolute atomic E-state index is 14.4. The van der Waals surface area contributed by atoms with Crippen molar-refractivity contribution < 1.29 is 23.5 Å². The van der Waals surface area contributed by atoms with Crippen LogP contribution in [0, 0.1) is 25.5 Å². The monoisotopic (exact) mass is 490 g/mol. The molecule has 0 amide bonds. The van der Waals surface area contributed by atoms with Crippen molar-refractivity contribution in [3.8, 4) is 11.1 Å². The lowest BCUT2D eigenvalue weighted by molar-refractivity contribution is -0.0627. The van der Waals surface area contributed by atoms with Crippen molar-refractivity contribution in [3.63, 3.8) is 0 Å². The van der Waals surface area contributed by atoms with Crippen molar-refractivity contribution in [2.24, 2.45) is 5.16 Å². The topological polar surface area (TPSA) is 62.1 Å². The zero-order valence-electron chi connectivity index (χ0n) is 20.4. The van der Waals surface area contributed by atoms with Crippen LogP contribution < -0.4 is 0 Å². The summed E-state index contributed by atoms with van der Waals surface area (Å²) >= 11 is 0. The van der Waals surface area contributed by atoms with E-state index in [-0.39, 0.29) is 11.2 Å². The highest BCUT2D eigenvalue weighted by atomic mass is 19.1. The molecule has 0 unspecified atom stereocenters. The first-order valence-corrected chi connectivity index (χ1v) is 12.1. The van der Waals surface area contributed by atoms with Crippen LogP contribution in [0.15, 0.2) is 59.8 Å². The van der Waals surface area contributed by atoms with Crippen LogP contribution in [0.25, 0.3) is 11.1 Å². The predicted octanol–water partition coefficient (Wildman–Crippen LogP) is 6.11. The number of piperidine rings is 1. The molecule has 3 aromatic rings. The van der Waals surface area contributed by atoms with Crippen molar-refractivity contribution in [1.29, 1.82) is 0 Å². The Morgan fingerprint density at radius 1 is 1.03 bits per heavy atom. The number of carboxylic acid groups (broad SMARTS) is 1. The van der Waals surface area contributed by atoms with Crippen molar-refractivity contribution >= 4 is 11.7 Å². The second kappa shape index (κ2) is 9.47. The van der Waals surface area contributed by atoms with Gasteiger partial charge in [0, 0.05) is 50.5 Å². The largest absolute Gasteiger partial charge is 0.478 e. The Kier molecular flexibility index (Phi) is 6.35. The average molecular weight is 491 g/mol. The third-order valence-corrected chi connectivity index (χ3v) is 7.27. The molecule has 186 valence electrons. The van der Waals surface area contributed by atoms with Crippen molar-refractivity contribution in [3.05, 3.63) is 94.0 Å². The molecule has 2 heterocycles. The Balaban J connectivity index is 1.22. The van der Waals surface area contributed by atoms with E-state index in [0.717, 1.165) is 72.1 Å². The molecule has 1 N–H and O–H groups in total. The number of hydrogen-bond donors (Lipinski definition) is 1. The van der Waals surface area contributed by atoms with Gasteiger partial charge in [-0.1, -0.05) is 29.4 Å². The van der Waals surface area contributed by atoms with E-state index in [9.17, 15) is 13.6 Å². The Labute approximate surface area is 209 Å². The summed E-state index contributed by atoms with van der Waals surface area (Å²) in [5.41, 5.74) is 6.02. The lowest BCUT2D eigenvalue weighted by atomic mass is 9.85. The minimum Gasteiger partial charge on any atom is -0.478 e. The van der Waals surface area contributed by atoms with Gasteiger partial charge in [0.15, 0.2) is 0 Å². The van der Waals surface area contributed by atoms with Gasteiger partial charge in [0.1, 0.15) is 17.2 Å². The Bertz CT molecular complexity index is 1320. The quantitative estimate of drug-likeness (QED) is 0.469. The summed E-state index contributed by atoms with van der Waals surface area (Å²) in [4.78, 5) is 19.4. The molecule has 0 saturated carbocycles. The van der Waals surface area contributed by atoms with Gasteiger partial charge in [0.25, 0.3) is 0 Å². The third kappa shape index (κ3) is 4.75. The molecule has 0 radical (unpaired) electrons. The number of oxime groups is 1. The normalized spacial score (nSPS) is 17.2.